The third-order valence-electron chi connectivity index (χ3n) is 6.78. The number of likely N-dealkylation sites (N-methyl/N-ethyl adjacent to an activating group) is 1. The lowest BCUT2D eigenvalue weighted by atomic mass is 10.1. The number of nitrogens with zero attached hydrogens (tertiary/aromatic N) is 7. The van der Waals surface area contributed by atoms with Crippen molar-refractivity contribution in [1.29, 1.82) is 0 Å². The second-order valence-corrected chi connectivity index (χ2v) is 9.31. The summed E-state index contributed by atoms with van der Waals surface area (Å²) in [5.74, 6) is 0.706. The van der Waals surface area contributed by atoms with Crippen molar-refractivity contribution in [1.82, 2.24) is 39.6 Å². The second-order valence-electron chi connectivity index (χ2n) is 9.31. The third kappa shape index (κ3) is 4.31. The molecule has 1 aliphatic rings. The molecular formula is C26H34N8O2. The molecular weight excluding hydrogens is 456 g/mol. The predicted molar refractivity (Wildman–Crippen MR) is 139 cm³/mol. The number of aliphatic hydroxyl groups is 1. The highest BCUT2D eigenvalue weighted by Crippen LogP contribution is 2.34. The van der Waals surface area contributed by atoms with Crippen LogP contribution in [0.25, 0.3) is 34.3 Å². The van der Waals surface area contributed by atoms with E-state index < -0.39 is 0 Å². The topological polar surface area (TPSA) is 110 Å². The predicted octanol–water partition coefficient (Wildman–Crippen LogP) is 3.19. The maximum absolute atomic E-state index is 9.71. The Balaban J connectivity index is 1.72. The molecule has 5 rings (SSSR count). The van der Waals surface area contributed by atoms with E-state index in [1.165, 1.54) is 0 Å². The van der Waals surface area contributed by atoms with E-state index in [4.69, 9.17) is 14.8 Å². The molecule has 10 nitrogen and oxygen atoms in total. The van der Waals surface area contributed by atoms with Crippen molar-refractivity contribution in [3.8, 4) is 17.1 Å². The van der Waals surface area contributed by atoms with Gasteiger partial charge in [0.15, 0.2) is 0 Å². The summed E-state index contributed by atoms with van der Waals surface area (Å²) in [7, 11) is 1.90. The maximum Gasteiger partial charge on any atom is 0.221 e. The van der Waals surface area contributed by atoms with Crippen LogP contribution in [0.3, 0.4) is 0 Å². The summed E-state index contributed by atoms with van der Waals surface area (Å²) < 4.78 is 10.2. The van der Waals surface area contributed by atoms with Gasteiger partial charge in [0.2, 0.25) is 5.88 Å². The summed E-state index contributed by atoms with van der Waals surface area (Å²) in [5, 5.41) is 27.8. The van der Waals surface area contributed by atoms with Crippen LogP contribution in [0.4, 0.5) is 0 Å². The summed E-state index contributed by atoms with van der Waals surface area (Å²) in [6, 6.07) is 2.05. The first-order valence-electron chi connectivity index (χ1n) is 12.6. The van der Waals surface area contributed by atoms with E-state index in [2.05, 4.69) is 53.1 Å². The minimum absolute atomic E-state index is 0.0367. The van der Waals surface area contributed by atoms with Crippen molar-refractivity contribution in [3.63, 3.8) is 0 Å². The van der Waals surface area contributed by atoms with Crippen molar-refractivity contribution >= 4 is 23.1 Å². The van der Waals surface area contributed by atoms with Crippen LogP contribution in [0.15, 0.2) is 12.3 Å². The standard InChI is InChI=1S/C26H34N8O2/c1-6-20-18-8-9-21-19-12-22(27-13-23(19)29-28-21)25-17(4)30-32(5)26(25)36-16(3)14-33(7-2)15-24(18)34(31-20)10-11-35/h8-9,12-13,16,35H,6-7,10-11,14-15H2,1-5H3,(H,28,29)/b9-8+. The van der Waals surface area contributed by atoms with Gasteiger partial charge in [-0.3, -0.25) is 19.7 Å². The second kappa shape index (κ2) is 9.87. The zero-order chi connectivity index (χ0) is 25.4. The molecule has 4 aromatic heterocycles. The third-order valence-corrected chi connectivity index (χ3v) is 6.78. The normalized spacial score (nSPS) is 17.4. The quantitative estimate of drug-likeness (QED) is 0.452. The number of nitrogens with one attached hydrogen (secondary N) is 1. The molecule has 0 aliphatic carbocycles. The van der Waals surface area contributed by atoms with Gasteiger partial charge in [-0.25, -0.2) is 4.68 Å². The molecule has 0 saturated heterocycles. The first kappa shape index (κ1) is 24.2. The summed E-state index contributed by atoms with van der Waals surface area (Å²) in [6.07, 6.45) is 6.67. The zero-order valence-corrected chi connectivity index (χ0v) is 21.6. The van der Waals surface area contributed by atoms with Crippen LogP contribution in [-0.4, -0.2) is 70.5 Å². The highest BCUT2D eigenvalue weighted by Gasteiger charge is 2.24. The number of aromatic amines is 1. The van der Waals surface area contributed by atoms with Gasteiger partial charge < -0.3 is 9.84 Å². The maximum atomic E-state index is 9.71. The number of pyridine rings is 1. The number of aliphatic hydroxyl groups excluding tert-OH is 1. The molecule has 1 unspecified atom stereocenters. The van der Waals surface area contributed by atoms with Gasteiger partial charge in [0.05, 0.1) is 58.9 Å². The average molecular weight is 491 g/mol. The van der Waals surface area contributed by atoms with E-state index in [0.717, 1.165) is 70.0 Å². The number of fused-ring (bicyclic) bond motifs is 4. The molecule has 0 fully saturated rings. The Hall–Kier alpha value is -3.50. The van der Waals surface area contributed by atoms with Crippen molar-refractivity contribution in [2.45, 2.75) is 53.3 Å². The number of H-pyrrole nitrogens is 1. The van der Waals surface area contributed by atoms with Gasteiger partial charge in [0, 0.05) is 31.1 Å². The first-order valence-corrected chi connectivity index (χ1v) is 12.6. The number of aromatic nitrogens is 7. The van der Waals surface area contributed by atoms with Crippen LogP contribution in [0.2, 0.25) is 0 Å². The summed E-state index contributed by atoms with van der Waals surface area (Å²) in [4.78, 5) is 7.06. The highest BCUT2D eigenvalue weighted by atomic mass is 16.5. The monoisotopic (exact) mass is 490 g/mol. The van der Waals surface area contributed by atoms with Crippen molar-refractivity contribution < 1.29 is 9.84 Å². The Kier molecular flexibility index (Phi) is 6.63. The Labute approximate surface area is 210 Å². The van der Waals surface area contributed by atoms with Gasteiger partial charge >= 0.3 is 0 Å². The molecule has 2 bridgehead atoms. The minimum atomic E-state index is -0.0873. The smallest absolute Gasteiger partial charge is 0.221 e. The van der Waals surface area contributed by atoms with E-state index in [1.54, 1.807) is 4.68 Å². The van der Waals surface area contributed by atoms with Gasteiger partial charge in [-0.2, -0.15) is 15.3 Å². The SMILES string of the molecule is CCc1nn(CCO)c2c1/C=C/c1n[nH]c3cnc(cc13)-c1c(C)nn(C)c1OC(C)CN(CC)C2. The van der Waals surface area contributed by atoms with Crippen molar-refractivity contribution in [3.05, 3.63) is 40.6 Å². The molecule has 0 amide bonds. The number of aryl methyl sites for hydroxylation is 3. The fourth-order valence-corrected chi connectivity index (χ4v) is 5.00. The zero-order valence-electron chi connectivity index (χ0n) is 21.6. The van der Waals surface area contributed by atoms with E-state index in [1.807, 2.05) is 30.9 Å². The molecule has 36 heavy (non-hydrogen) atoms. The Morgan fingerprint density at radius 3 is 2.81 bits per heavy atom. The fourth-order valence-electron chi connectivity index (χ4n) is 5.00. The molecule has 1 atom stereocenters. The van der Waals surface area contributed by atoms with Crippen LogP contribution < -0.4 is 4.74 Å². The Morgan fingerprint density at radius 1 is 1.22 bits per heavy atom. The average Bonchev–Trinajstić information content (AvgIpc) is 3.50. The largest absolute Gasteiger partial charge is 0.473 e. The number of hydrogen-bond donors (Lipinski definition) is 2. The van der Waals surface area contributed by atoms with Crippen LogP contribution in [-0.2, 0) is 26.6 Å². The van der Waals surface area contributed by atoms with Gasteiger partial charge in [0.1, 0.15) is 6.10 Å². The Bertz CT molecular complexity index is 1410. The van der Waals surface area contributed by atoms with Crippen molar-refractivity contribution in [2.24, 2.45) is 7.05 Å². The molecule has 5 heterocycles. The lowest BCUT2D eigenvalue weighted by molar-refractivity contribution is 0.133. The molecule has 4 aromatic rings. The molecule has 0 saturated carbocycles. The molecule has 0 radical (unpaired) electrons. The lowest BCUT2D eigenvalue weighted by Gasteiger charge is -2.26. The number of hydrogen-bond acceptors (Lipinski definition) is 7. The van der Waals surface area contributed by atoms with Crippen LogP contribution in [0.5, 0.6) is 5.88 Å². The van der Waals surface area contributed by atoms with E-state index in [-0.39, 0.29) is 12.7 Å². The van der Waals surface area contributed by atoms with E-state index in [9.17, 15) is 5.11 Å². The Morgan fingerprint density at radius 2 is 2.06 bits per heavy atom. The molecule has 190 valence electrons. The van der Waals surface area contributed by atoms with Gasteiger partial charge in [-0.1, -0.05) is 13.8 Å². The lowest BCUT2D eigenvalue weighted by Crippen LogP contribution is -2.34. The summed E-state index contributed by atoms with van der Waals surface area (Å²) in [5.41, 5.74) is 7.44. The van der Waals surface area contributed by atoms with Crippen molar-refractivity contribution in [2.75, 3.05) is 19.7 Å². The van der Waals surface area contributed by atoms with Crippen LogP contribution in [0, 0.1) is 6.92 Å². The van der Waals surface area contributed by atoms with Crippen LogP contribution >= 0.6 is 0 Å². The van der Waals surface area contributed by atoms with E-state index >= 15 is 0 Å². The molecule has 2 N–H and O–H groups in total. The first-order chi connectivity index (χ1) is 17.4. The molecule has 10 heteroatoms. The molecule has 0 aromatic carbocycles. The molecule has 0 spiro atoms. The molecule has 1 aliphatic heterocycles. The number of rotatable bonds is 4. The summed E-state index contributed by atoms with van der Waals surface area (Å²) >= 11 is 0. The minimum Gasteiger partial charge on any atom is -0.473 e. The fraction of sp³-hybridized carbons (Fsp3) is 0.462. The van der Waals surface area contributed by atoms with Crippen LogP contribution in [0.1, 0.15) is 49.1 Å². The summed E-state index contributed by atoms with van der Waals surface area (Å²) in [6.45, 7) is 11.1. The van der Waals surface area contributed by atoms with Gasteiger partial charge in [-0.05, 0) is 45.0 Å². The van der Waals surface area contributed by atoms with Gasteiger partial charge in [0.25, 0.3) is 0 Å². The number of ether oxygens (including phenoxy) is 1. The van der Waals surface area contributed by atoms with E-state index in [0.29, 0.717) is 19.0 Å². The highest BCUT2D eigenvalue weighted by molar-refractivity contribution is 5.92. The van der Waals surface area contributed by atoms with Gasteiger partial charge in [-0.15, -0.1) is 0 Å².